The van der Waals surface area contributed by atoms with Crippen LogP contribution in [0.25, 0.3) is 0 Å². The zero-order chi connectivity index (χ0) is 25.7. The summed E-state index contributed by atoms with van der Waals surface area (Å²) in [5.74, 6) is -0.762. The minimum atomic E-state index is -0.381. The van der Waals surface area contributed by atoms with Gasteiger partial charge < -0.3 is 9.47 Å². The van der Waals surface area contributed by atoms with Crippen LogP contribution in [0.2, 0.25) is 0 Å². The van der Waals surface area contributed by atoms with Crippen molar-refractivity contribution in [2.24, 2.45) is 0 Å². The molecule has 2 fully saturated rings. The highest BCUT2D eigenvalue weighted by molar-refractivity contribution is 7.78. The van der Waals surface area contributed by atoms with Crippen molar-refractivity contribution in [2.75, 3.05) is 0 Å². The molecule has 2 aliphatic heterocycles. The predicted octanol–water partition coefficient (Wildman–Crippen LogP) is 5.73. The lowest BCUT2D eigenvalue weighted by Gasteiger charge is -2.51. The zero-order valence-electron chi connectivity index (χ0n) is 21.7. The third kappa shape index (κ3) is 5.77. The topological polar surface area (TPSA) is 59.1 Å². The van der Waals surface area contributed by atoms with Crippen LogP contribution in [-0.4, -0.2) is 54.9 Å². The lowest BCUT2D eigenvalue weighted by molar-refractivity contribution is -0.0400. The van der Waals surface area contributed by atoms with Gasteiger partial charge in [-0.1, -0.05) is 25.6 Å². The van der Waals surface area contributed by atoms with E-state index >= 15 is 0 Å². The number of carbonyl (C=O) groups is 2. The number of carbonyl (C=O) groups excluding carboxylic acids is 2. The normalized spacial score (nSPS) is 25.0. The van der Waals surface area contributed by atoms with E-state index in [4.69, 9.17) is 9.47 Å². The first-order chi connectivity index (χ1) is 15.4. The average molecular weight is 509 g/mol. The van der Waals surface area contributed by atoms with E-state index in [2.05, 4.69) is 81.0 Å². The molecule has 0 amide bonds. The van der Waals surface area contributed by atoms with Gasteiger partial charge in [-0.3, -0.25) is 0 Å². The molecule has 0 aliphatic carbocycles. The molecule has 190 valence electrons. The summed E-state index contributed by atoms with van der Waals surface area (Å²) in [6, 6.07) is 6.53. The molecule has 1 aromatic carbocycles. The van der Waals surface area contributed by atoms with Gasteiger partial charge in [0.05, 0.1) is 11.1 Å². The van der Waals surface area contributed by atoms with Crippen LogP contribution >= 0.6 is 25.6 Å². The summed E-state index contributed by atoms with van der Waals surface area (Å²) >= 11 is 9.34. The lowest BCUT2D eigenvalue weighted by Crippen LogP contribution is -2.58. The Morgan fingerprint density at radius 1 is 0.647 bits per heavy atom. The van der Waals surface area contributed by atoms with Crippen molar-refractivity contribution in [1.29, 1.82) is 0 Å². The molecule has 0 spiro atoms. The van der Waals surface area contributed by atoms with E-state index in [0.717, 1.165) is 0 Å². The maximum atomic E-state index is 12.8. The Labute approximate surface area is 215 Å². The standard InChI is InChI=1S/C26H40N2O4S2/c1-23(2)13-19(14-24(3,4)27(23)33)31-21(29)17-9-11-18(12-10-17)22(30)32-20-15-25(5,6)28(34)26(7,8)16-20/h9-12,19-20,33-34H,13-16H2,1-8H3. The summed E-state index contributed by atoms with van der Waals surface area (Å²) in [5.41, 5.74) is 0.0497. The van der Waals surface area contributed by atoms with E-state index in [1.807, 2.05) is 8.61 Å². The van der Waals surface area contributed by atoms with Crippen molar-refractivity contribution in [1.82, 2.24) is 8.61 Å². The van der Waals surface area contributed by atoms with Crippen molar-refractivity contribution >= 4 is 37.6 Å². The highest BCUT2D eigenvalue weighted by Crippen LogP contribution is 2.42. The number of benzene rings is 1. The Morgan fingerprint density at radius 3 is 1.12 bits per heavy atom. The van der Waals surface area contributed by atoms with Gasteiger partial charge in [0, 0.05) is 47.8 Å². The number of hydrogen-bond acceptors (Lipinski definition) is 8. The summed E-state index contributed by atoms with van der Waals surface area (Å²) in [6.07, 6.45) is 2.41. The largest absolute Gasteiger partial charge is 0.459 e. The number of piperidine rings is 2. The second kappa shape index (κ2) is 9.34. The SMILES string of the molecule is CC1(C)CC(OC(=O)c2ccc(C(=O)OC3CC(C)(C)N(S)C(C)(C)C3)cc2)CC(C)(C)N1S. The molecule has 0 bridgehead atoms. The van der Waals surface area contributed by atoms with Gasteiger partial charge in [-0.25, -0.2) is 18.2 Å². The Hall–Kier alpha value is -1.22. The number of nitrogens with zero attached hydrogens (tertiary/aromatic N) is 2. The fraction of sp³-hybridized carbons (Fsp3) is 0.692. The van der Waals surface area contributed by atoms with Crippen LogP contribution < -0.4 is 0 Å². The summed E-state index contributed by atoms with van der Waals surface area (Å²) < 4.78 is 15.8. The lowest BCUT2D eigenvalue weighted by atomic mass is 9.80. The first-order valence-corrected chi connectivity index (χ1v) is 12.8. The Bertz CT molecular complexity index is 816. The molecule has 0 saturated carbocycles. The molecule has 0 aromatic heterocycles. The second-order valence-electron chi connectivity index (χ2n) is 12.3. The number of esters is 2. The maximum absolute atomic E-state index is 12.8. The smallest absolute Gasteiger partial charge is 0.338 e. The fourth-order valence-electron chi connectivity index (χ4n) is 5.71. The monoisotopic (exact) mass is 508 g/mol. The highest BCUT2D eigenvalue weighted by atomic mass is 32.1. The Morgan fingerprint density at radius 2 is 0.882 bits per heavy atom. The van der Waals surface area contributed by atoms with Gasteiger partial charge in [-0.15, -0.1) is 0 Å². The van der Waals surface area contributed by atoms with Gasteiger partial charge in [0.2, 0.25) is 0 Å². The Kier molecular flexibility index (Phi) is 7.52. The van der Waals surface area contributed by atoms with E-state index < -0.39 is 0 Å². The van der Waals surface area contributed by atoms with Crippen molar-refractivity contribution in [3.63, 3.8) is 0 Å². The van der Waals surface area contributed by atoms with Crippen LogP contribution in [0, 0.1) is 0 Å². The summed E-state index contributed by atoms with van der Waals surface area (Å²) in [5, 5.41) is 0. The molecule has 6 nitrogen and oxygen atoms in total. The summed E-state index contributed by atoms with van der Waals surface area (Å²) in [4.78, 5) is 25.6. The van der Waals surface area contributed by atoms with Crippen molar-refractivity contribution in [3.05, 3.63) is 35.4 Å². The van der Waals surface area contributed by atoms with Gasteiger partial charge in [0.1, 0.15) is 12.2 Å². The molecule has 0 radical (unpaired) electrons. The van der Waals surface area contributed by atoms with Crippen LogP contribution in [0.5, 0.6) is 0 Å². The highest BCUT2D eigenvalue weighted by Gasteiger charge is 2.46. The molecular formula is C26H40N2O4S2. The third-order valence-electron chi connectivity index (χ3n) is 7.11. The van der Waals surface area contributed by atoms with E-state index in [1.54, 1.807) is 24.3 Å². The van der Waals surface area contributed by atoms with E-state index in [1.165, 1.54) is 0 Å². The fourth-order valence-corrected chi connectivity index (χ4v) is 6.03. The summed E-state index contributed by atoms with van der Waals surface area (Å²) in [6.45, 7) is 16.8. The van der Waals surface area contributed by atoms with E-state index in [0.29, 0.717) is 36.8 Å². The number of ether oxygens (including phenoxy) is 2. The van der Waals surface area contributed by atoms with Crippen LogP contribution in [0.4, 0.5) is 0 Å². The number of hydrogen-bond donors (Lipinski definition) is 2. The molecule has 2 aliphatic rings. The van der Waals surface area contributed by atoms with Gasteiger partial charge in [-0.05, 0) is 79.7 Å². The van der Waals surface area contributed by atoms with Crippen molar-refractivity contribution in [2.45, 2.75) is 115 Å². The molecule has 0 unspecified atom stereocenters. The Balaban J connectivity index is 1.62. The second-order valence-corrected chi connectivity index (χ2v) is 13.1. The maximum Gasteiger partial charge on any atom is 0.338 e. The molecule has 2 saturated heterocycles. The molecule has 0 atom stereocenters. The molecule has 0 N–H and O–H groups in total. The molecule has 34 heavy (non-hydrogen) atoms. The number of rotatable bonds is 4. The first-order valence-electron chi connectivity index (χ1n) is 12.0. The molecule has 1 aromatic rings. The van der Waals surface area contributed by atoms with Crippen molar-refractivity contribution < 1.29 is 19.1 Å². The van der Waals surface area contributed by atoms with Gasteiger partial charge in [-0.2, -0.15) is 0 Å². The molecule has 3 rings (SSSR count). The van der Waals surface area contributed by atoms with E-state index in [-0.39, 0.29) is 46.3 Å². The van der Waals surface area contributed by atoms with E-state index in [9.17, 15) is 9.59 Å². The van der Waals surface area contributed by atoms with Crippen LogP contribution in [0.1, 0.15) is 102 Å². The molecule has 8 heteroatoms. The minimum absolute atomic E-state index is 0.199. The number of thiol groups is 2. The van der Waals surface area contributed by atoms with Gasteiger partial charge >= 0.3 is 11.9 Å². The van der Waals surface area contributed by atoms with Gasteiger partial charge in [0.25, 0.3) is 0 Å². The summed E-state index contributed by atoms with van der Waals surface area (Å²) in [7, 11) is 0. The van der Waals surface area contributed by atoms with Crippen molar-refractivity contribution in [3.8, 4) is 0 Å². The molecular weight excluding hydrogens is 468 g/mol. The molecule has 2 heterocycles. The quantitative estimate of drug-likeness (QED) is 0.400. The predicted molar refractivity (Wildman–Crippen MR) is 141 cm³/mol. The van der Waals surface area contributed by atoms with Gasteiger partial charge in [0.15, 0.2) is 0 Å². The van der Waals surface area contributed by atoms with Crippen LogP contribution in [0.15, 0.2) is 24.3 Å². The minimum Gasteiger partial charge on any atom is -0.459 e. The average Bonchev–Trinajstić information content (AvgIpc) is 2.69. The van der Waals surface area contributed by atoms with Crippen LogP contribution in [-0.2, 0) is 9.47 Å². The third-order valence-corrected chi connectivity index (χ3v) is 9.27. The van der Waals surface area contributed by atoms with Crippen LogP contribution in [0.3, 0.4) is 0 Å². The zero-order valence-corrected chi connectivity index (χ0v) is 23.5. The first kappa shape index (κ1) is 27.4.